The van der Waals surface area contributed by atoms with E-state index in [1.807, 2.05) is 12.1 Å². The largest absolute Gasteiger partial charge is 0.490 e. The van der Waals surface area contributed by atoms with Gasteiger partial charge in [0.25, 0.3) is 0 Å². The molecule has 2 aromatic rings. The molecule has 0 aliphatic heterocycles. The van der Waals surface area contributed by atoms with Crippen LogP contribution in [0.4, 0.5) is 0 Å². The molecule has 1 N–H and O–H groups in total. The van der Waals surface area contributed by atoms with Crippen LogP contribution in [0.15, 0.2) is 48.5 Å². The maximum atomic E-state index is 6.01. The van der Waals surface area contributed by atoms with E-state index in [9.17, 15) is 0 Å². The van der Waals surface area contributed by atoms with Crippen molar-refractivity contribution in [3.63, 3.8) is 0 Å². The van der Waals surface area contributed by atoms with Gasteiger partial charge in [-0.1, -0.05) is 36.4 Å². The van der Waals surface area contributed by atoms with E-state index in [4.69, 9.17) is 14.2 Å². The van der Waals surface area contributed by atoms with Crippen molar-refractivity contribution in [2.24, 2.45) is 0 Å². The highest BCUT2D eigenvalue weighted by molar-refractivity contribution is 5.43. The fraction of sp³-hybridized carbons (Fsp3) is 0.455. The summed E-state index contributed by atoms with van der Waals surface area (Å²) >= 11 is 0. The van der Waals surface area contributed by atoms with Crippen molar-refractivity contribution in [3.05, 3.63) is 59.7 Å². The molecule has 1 fully saturated rings. The zero-order valence-electron chi connectivity index (χ0n) is 15.6. The normalized spacial score (nSPS) is 13.6. The van der Waals surface area contributed by atoms with Crippen LogP contribution in [0.5, 0.6) is 11.5 Å². The van der Waals surface area contributed by atoms with Crippen molar-refractivity contribution < 1.29 is 14.2 Å². The first kappa shape index (κ1) is 18.7. The van der Waals surface area contributed by atoms with Crippen LogP contribution in [0.3, 0.4) is 0 Å². The van der Waals surface area contributed by atoms with Gasteiger partial charge in [0.1, 0.15) is 0 Å². The van der Waals surface area contributed by atoms with Crippen LogP contribution in [-0.2, 0) is 17.7 Å². The highest BCUT2D eigenvalue weighted by Gasteiger charge is 2.20. The Kier molecular flexibility index (Phi) is 7.35. The Hall–Kier alpha value is -2.04. The van der Waals surface area contributed by atoms with Gasteiger partial charge in [0, 0.05) is 39.1 Å². The number of benzene rings is 2. The fourth-order valence-corrected chi connectivity index (χ4v) is 2.75. The molecule has 0 radical (unpaired) electrons. The lowest BCUT2D eigenvalue weighted by atomic mass is 10.1. The average molecular weight is 355 g/mol. The molecule has 0 heterocycles. The SMILES string of the molecule is COCCCOc1cc(CNC2CC2)ccc1OCCc1ccccc1. The van der Waals surface area contributed by atoms with Crippen LogP contribution in [0.25, 0.3) is 0 Å². The monoisotopic (exact) mass is 355 g/mol. The van der Waals surface area contributed by atoms with Crippen LogP contribution in [-0.4, -0.2) is 33.0 Å². The van der Waals surface area contributed by atoms with Crippen molar-refractivity contribution in [1.29, 1.82) is 0 Å². The quantitative estimate of drug-likeness (QED) is 0.585. The van der Waals surface area contributed by atoms with Gasteiger partial charge in [-0.15, -0.1) is 0 Å². The third kappa shape index (κ3) is 6.36. The summed E-state index contributed by atoms with van der Waals surface area (Å²) < 4.78 is 17.1. The predicted molar refractivity (Wildman–Crippen MR) is 104 cm³/mol. The molecule has 1 aliphatic rings. The molecule has 4 heteroatoms. The van der Waals surface area contributed by atoms with E-state index in [1.54, 1.807) is 7.11 Å². The first-order chi connectivity index (χ1) is 12.8. The van der Waals surface area contributed by atoms with Crippen molar-refractivity contribution >= 4 is 0 Å². The van der Waals surface area contributed by atoms with E-state index in [1.165, 1.54) is 24.0 Å². The summed E-state index contributed by atoms with van der Waals surface area (Å²) in [6.45, 7) is 2.84. The van der Waals surface area contributed by atoms with E-state index in [0.29, 0.717) is 25.9 Å². The van der Waals surface area contributed by atoms with Crippen LogP contribution >= 0.6 is 0 Å². The molecule has 0 bridgehead atoms. The molecule has 140 valence electrons. The molecule has 0 unspecified atom stereocenters. The minimum atomic E-state index is 0.627. The molecule has 0 spiro atoms. The van der Waals surface area contributed by atoms with Gasteiger partial charge in [0.05, 0.1) is 13.2 Å². The molecule has 0 atom stereocenters. The Balaban J connectivity index is 1.57. The molecule has 0 saturated heterocycles. The topological polar surface area (TPSA) is 39.7 Å². The summed E-state index contributed by atoms with van der Waals surface area (Å²) in [4.78, 5) is 0. The van der Waals surface area contributed by atoms with E-state index in [2.05, 4.69) is 41.7 Å². The summed E-state index contributed by atoms with van der Waals surface area (Å²) in [6, 6.07) is 17.3. The molecule has 0 aromatic heterocycles. The predicted octanol–water partition coefficient (Wildman–Crippen LogP) is 3.98. The number of ether oxygens (including phenoxy) is 3. The lowest BCUT2D eigenvalue weighted by molar-refractivity contribution is 0.170. The summed E-state index contributed by atoms with van der Waals surface area (Å²) in [7, 11) is 1.71. The summed E-state index contributed by atoms with van der Waals surface area (Å²) in [5.41, 5.74) is 2.51. The van der Waals surface area contributed by atoms with Crippen molar-refractivity contribution in [1.82, 2.24) is 5.32 Å². The van der Waals surface area contributed by atoms with Crippen molar-refractivity contribution in [3.8, 4) is 11.5 Å². The molecule has 1 saturated carbocycles. The molecular formula is C22H29NO3. The Labute approximate surface area is 156 Å². The van der Waals surface area contributed by atoms with Gasteiger partial charge in [0.2, 0.25) is 0 Å². The minimum Gasteiger partial charge on any atom is -0.490 e. The summed E-state index contributed by atoms with van der Waals surface area (Å²) in [5, 5.41) is 3.54. The highest BCUT2D eigenvalue weighted by atomic mass is 16.5. The number of nitrogens with one attached hydrogen (secondary N) is 1. The molecule has 4 nitrogen and oxygen atoms in total. The number of methoxy groups -OCH3 is 1. The number of hydrogen-bond acceptors (Lipinski definition) is 4. The molecule has 26 heavy (non-hydrogen) atoms. The third-order valence-corrected chi connectivity index (χ3v) is 4.42. The summed E-state index contributed by atoms with van der Waals surface area (Å²) in [6.07, 6.45) is 4.33. The third-order valence-electron chi connectivity index (χ3n) is 4.42. The van der Waals surface area contributed by atoms with Crippen LogP contribution in [0, 0.1) is 0 Å². The van der Waals surface area contributed by atoms with Crippen molar-refractivity contribution in [2.75, 3.05) is 26.9 Å². The van der Waals surface area contributed by atoms with Gasteiger partial charge in [-0.25, -0.2) is 0 Å². The molecule has 0 amide bonds. The van der Waals surface area contributed by atoms with Gasteiger partial charge < -0.3 is 19.5 Å². The minimum absolute atomic E-state index is 0.627. The molecule has 2 aromatic carbocycles. The van der Waals surface area contributed by atoms with Gasteiger partial charge >= 0.3 is 0 Å². The zero-order chi connectivity index (χ0) is 18.0. The molecule has 1 aliphatic carbocycles. The van der Waals surface area contributed by atoms with Crippen LogP contribution in [0.1, 0.15) is 30.4 Å². The van der Waals surface area contributed by atoms with Crippen LogP contribution < -0.4 is 14.8 Å². The molecule has 3 rings (SSSR count). The van der Waals surface area contributed by atoms with Gasteiger partial charge in [-0.3, -0.25) is 0 Å². The van der Waals surface area contributed by atoms with Gasteiger partial charge in [-0.2, -0.15) is 0 Å². The van der Waals surface area contributed by atoms with Gasteiger partial charge in [0.15, 0.2) is 11.5 Å². The summed E-state index contributed by atoms with van der Waals surface area (Å²) in [5.74, 6) is 1.64. The van der Waals surface area contributed by atoms with E-state index in [-0.39, 0.29) is 0 Å². The second-order valence-corrected chi connectivity index (χ2v) is 6.72. The average Bonchev–Trinajstić information content (AvgIpc) is 3.50. The zero-order valence-corrected chi connectivity index (χ0v) is 15.6. The standard InChI is InChI=1S/C22H29NO3/c1-24-13-5-14-25-22-16-19(17-23-20-9-10-20)8-11-21(22)26-15-12-18-6-3-2-4-7-18/h2-4,6-8,11,16,20,23H,5,9-10,12-15,17H2,1H3. The Morgan fingerprint density at radius 3 is 2.46 bits per heavy atom. The van der Waals surface area contributed by atoms with E-state index in [0.717, 1.165) is 30.9 Å². The maximum Gasteiger partial charge on any atom is 0.161 e. The first-order valence-electron chi connectivity index (χ1n) is 9.50. The number of rotatable bonds is 12. The Morgan fingerprint density at radius 1 is 0.885 bits per heavy atom. The first-order valence-corrected chi connectivity index (χ1v) is 9.50. The molecular weight excluding hydrogens is 326 g/mol. The number of hydrogen-bond donors (Lipinski definition) is 1. The lowest BCUT2D eigenvalue weighted by Gasteiger charge is -2.15. The van der Waals surface area contributed by atoms with E-state index < -0.39 is 0 Å². The van der Waals surface area contributed by atoms with Crippen molar-refractivity contribution in [2.45, 2.75) is 38.3 Å². The maximum absolute atomic E-state index is 6.01. The van der Waals surface area contributed by atoms with E-state index >= 15 is 0 Å². The Morgan fingerprint density at radius 2 is 1.69 bits per heavy atom. The second-order valence-electron chi connectivity index (χ2n) is 6.72. The fourth-order valence-electron chi connectivity index (χ4n) is 2.75. The second kappa shape index (κ2) is 10.2. The highest BCUT2D eigenvalue weighted by Crippen LogP contribution is 2.29. The van der Waals surface area contributed by atoms with Gasteiger partial charge in [-0.05, 0) is 36.1 Å². The smallest absolute Gasteiger partial charge is 0.161 e. The lowest BCUT2D eigenvalue weighted by Crippen LogP contribution is -2.15. The van der Waals surface area contributed by atoms with Crippen LogP contribution in [0.2, 0.25) is 0 Å². The Bertz CT molecular complexity index is 656.